The minimum absolute atomic E-state index is 0.00724. The van der Waals surface area contributed by atoms with Crippen LogP contribution in [0.4, 0.5) is 14.5 Å². The molecule has 1 aliphatic rings. The van der Waals surface area contributed by atoms with Gasteiger partial charge in [0.15, 0.2) is 0 Å². The van der Waals surface area contributed by atoms with Crippen molar-refractivity contribution in [1.29, 1.82) is 0 Å². The highest BCUT2D eigenvalue weighted by Gasteiger charge is 2.33. The molecule has 3 aromatic rings. The van der Waals surface area contributed by atoms with Crippen molar-refractivity contribution in [2.75, 3.05) is 18.0 Å². The van der Waals surface area contributed by atoms with E-state index in [4.69, 9.17) is 0 Å². The van der Waals surface area contributed by atoms with Crippen LogP contribution in [-0.4, -0.2) is 29.9 Å². The fourth-order valence-corrected chi connectivity index (χ4v) is 3.74. The Hall–Kier alpha value is -3.05. The number of carbonyl (C=O) groups is 1. The Bertz CT molecular complexity index is 985. The SMILES string of the molecule is C[C@H]1C(=O)N(c2ccc(-c3ccccc3)cc2)CCN1Cc1c(F)cccc1F. The first-order chi connectivity index (χ1) is 14.0. The Kier molecular flexibility index (Phi) is 5.41. The maximum atomic E-state index is 14.0. The van der Waals surface area contributed by atoms with Crippen LogP contribution in [0, 0.1) is 11.6 Å². The lowest BCUT2D eigenvalue weighted by molar-refractivity contribution is -0.125. The summed E-state index contributed by atoms with van der Waals surface area (Å²) in [6, 6.07) is 21.3. The summed E-state index contributed by atoms with van der Waals surface area (Å²) in [4.78, 5) is 16.5. The van der Waals surface area contributed by atoms with Crippen molar-refractivity contribution in [3.63, 3.8) is 0 Å². The zero-order valence-corrected chi connectivity index (χ0v) is 16.2. The summed E-state index contributed by atoms with van der Waals surface area (Å²) >= 11 is 0. The Morgan fingerprint density at radius 1 is 0.828 bits per heavy atom. The average molecular weight is 392 g/mol. The summed E-state index contributed by atoms with van der Waals surface area (Å²) in [6.07, 6.45) is 0. The van der Waals surface area contributed by atoms with E-state index in [2.05, 4.69) is 0 Å². The summed E-state index contributed by atoms with van der Waals surface area (Å²) < 4.78 is 28.0. The third kappa shape index (κ3) is 3.91. The second-order valence-electron chi connectivity index (χ2n) is 7.25. The maximum absolute atomic E-state index is 14.0. The second-order valence-corrected chi connectivity index (χ2v) is 7.25. The van der Waals surface area contributed by atoms with Crippen molar-refractivity contribution in [3.05, 3.63) is 90.0 Å². The predicted octanol–water partition coefficient (Wildman–Crippen LogP) is 4.87. The number of nitrogens with zero attached hydrogens (tertiary/aromatic N) is 2. The maximum Gasteiger partial charge on any atom is 0.244 e. The number of hydrogen-bond acceptors (Lipinski definition) is 2. The lowest BCUT2D eigenvalue weighted by Crippen LogP contribution is -2.55. The minimum atomic E-state index is -0.580. The standard InChI is InChI=1S/C24H22F2N2O/c1-17-24(29)28(15-14-27(17)16-21-22(25)8-5-9-23(21)26)20-12-10-19(11-13-20)18-6-3-2-4-7-18/h2-13,17H,14-16H2,1H3/t17-/m0/s1. The van der Waals surface area contributed by atoms with E-state index in [1.54, 1.807) is 11.8 Å². The van der Waals surface area contributed by atoms with Gasteiger partial charge in [0.2, 0.25) is 5.91 Å². The molecule has 1 heterocycles. The van der Waals surface area contributed by atoms with Gasteiger partial charge in [0, 0.05) is 30.9 Å². The van der Waals surface area contributed by atoms with Gasteiger partial charge in [0.1, 0.15) is 11.6 Å². The number of rotatable bonds is 4. The normalized spacial score (nSPS) is 17.6. The molecule has 0 unspecified atom stereocenters. The fourth-order valence-electron chi connectivity index (χ4n) is 3.74. The first kappa shape index (κ1) is 19.3. The molecule has 0 spiro atoms. The molecule has 4 rings (SSSR count). The van der Waals surface area contributed by atoms with Crippen molar-refractivity contribution in [3.8, 4) is 11.1 Å². The van der Waals surface area contributed by atoms with Crippen LogP contribution in [0.25, 0.3) is 11.1 Å². The van der Waals surface area contributed by atoms with Gasteiger partial charge in [-0.05, 0) is 42.3 Å². The Labute approximate surface area is 169 Å². The molecule has 3 nitrogen and oxygen atoms in total. The molecular formula is C24H22F2N2O. The van der Waals surface area contributed by atoms with Gasteiger partial charge in [-0.1, -0.05) is 48.5 Å². The van der Waals surface area contributed by atoms with Gasteiger partial charge in [-0.15, -0.1) is 0 Å². The molecular weight excluding hydrogens is 370 g/mol. The molecule has 1 atom stereocenters. The number of piperazine rings is 1. The molecule has 5 heteroatoms. The van der Waals surface area contributed by atoms with Crippen LogP contribution in [0.5, 0.6) is 0 Å². The number of carbonyl (C=O) groups excluding carboxylic acids is 1. The van der Waals surface area contributed by atoms with E-state index in [-0.39, 0.29) is 18.0 Å². The van der Waals surface area contributed by atoms with Crippen molar-refractivity contribution in [2.24, 2.45) is 0 Å². The second kappa shape index (κ2) is 8.13. The molecule has 0 N–H and O–H groups in total. The summed E-state index contributed by atoms with van der Waals surface area (Å²) in [5.41, 5.74) is 3.05. The van der Waals surface area contributed by atoms with Crippen molar-refractivity contribution < 1.29 is 13.6 Å². The van der Waals surface area contributed by atoms with E-state index in [1.165, 1.54) is 18.2 Å². The van der Waals surface area contributed by atoms with Crippen molar-refractivity contribution in [2.45, 2.75) is 19.5 Å². The van der Waals surface area contributed by atoms with Crippen LogP contribution in [0.1, 0.15) is 12.5 Å². The number of hydrogen-bond donors (Lipinski definition) is 0. The van der Waals surface area contributed by atoms with Crippen molar-refractivity contribution >= 4 is 11.6 Å². The summed E-state index contributed by atoms with van der Waals surface area (Å²) in [5, 5.41) is 0. The Morgan fingerprint density at radius 3 is 2.10 bits per heavy atom. The van der Waals surface area contributed by atoms with E-state index in [0.29, 0.717) is 13.1 Å². The largest absolute Gasteiger partial charge is 0.310 e. The first-order valence-corrected chi connectivity index (χ1v) is 9.68. The molecule has 0 aromatic heterocycles. The lowest BCUT2D eigenvalue weighted by atomic mass is 10.0. The van der Waals surface area contributed by atoms with E-state index in [0.717, 1.165) is 16.8 Å². The summed E-state index contributed by atoms with van der Waals surface area (Å²) in [6.45, 7) is 2.88. The van der Waals surface area contributed by atoms with Crippen LogP contribution in [-0.2, 0) is 11.3 Å². The van der Waals surface area contributed by atoms with Crippen LogP contribution in [0.3, 0.4) is 0 Å². The third-order valence-electron chi connectivity index (χ3n) is 5.49. The van der Waals surface area contributed by atoms with Crippen LogP contribution in [0.15, 0.2) is 72.8 Å². The van der Waals surface area contributed by atoms with E-state index in [1.807, 2.05) is 59.5 Å². The summed E-state index contributed by atoms with van der Waals surface area (Å²) in [7, 11) is 0. The zero-order valence-electron chi connectivity index (χ0n) is 16.2. The topological polar surface area (TPSA) is 23.6 Å². The number of amides is 1. The third-order valence-corrected chi connectivity index (χ3v) is 5.49. The quantitative estimate of drug-likeness (QED) is 0.633. The highest BCUT2D eigenvalue weighted by molar-refractivity contribution is 5.97. The smallest absolute Gasteiger partial charge is 0.244 e. The molecule has 29 heavy (non-hydrogen) atoms. The molecule has 1 fully saturated rings. The van der Waals surface area contributed by atoms with Gasteiger partial charge < -0.3 is 4.90 Å². The highest BCUT2D eigenvalue weighted by atomic mass is 19.1. The first-order valence-electron chi connectivity index (χ1n) is 9.68. The predicted molar refractivity (Wildman–Crippen MR) is 110 cm³/mol. The molecule has 1 aliphatic heterocycles. The monoisotopic (exact) mass is 392 g/mol. The van der Waals surface area contributed by atoms with Gasteiger partial charge in [-0.3, -0.25) is 9.69 Å². The van der Waals surface area contributed by atoms with Gasteiger partial charge in [-0.25, -0.2) is 8.78 Å². The van der Waals surface area contributed by atoms with E-state index < -0.39 is 17.7 Å². The lowest BCUT2D eigenvalue weighted by Gasteiger charge is -2.39. The molecule has 1 amide bonds. The highest BCUT2D eigenvalue weighted by Crippen LogP contribution is 2.26. The number of halogens is 2. The average Bonchev–Trinajstić information content (AvgIpc) is 2.75. The Balaban J connectivity index is 1.49. The molecule has 0 bridgehead atoms. The summed E-state index contributed by atoms with van der Waals surface area (Å²) in [5.74, 6) is -1.23. The van der Waals surface area contributed by atoms with Crippen LogP contribution < -0.4 is 4.90 Å². The Morgan fingerprint density at radius 2 is 1.45 bits per heavy atom. The number of benzene rings is 3. The van der Waals surface area contributed by atoms with Crippen molar-refractivity contribution in [1.82, 2.24) is 4.90 Å². The molecule has 0 aliphatic carbocycles. The zero-order chi connectivity index (χ0) is 20.4. The van der Waals surface area contributed by atoms with E-state index >= 15 is 0 Å². The van der Waals surface area contributed by atoms with Gasteiger partial charge in [-0.2, -0.15) is 0 Å². The van der Waals surface area contributed by atoms with Crippen LogP contribution >= 0.6 is 0 Å². The van der Waals surface area contributed by atoms with Crippen LogP contribution in [0.2, 0.25) is 0 Å². The minimum Gasteiger partial charge on any atom is -0.310 e. The molecule has 148 valence electrons. The molecule has 1 saturated heterocycles. The van der Waals surface area contributed by atoms with E-state index in [9.17, 15) is 13.6 Å². The fraction of sp³-hybridized carbons (Fsp3) is 0.208. The molecule has 0 saturated carbocycles. The number of anilines is 1. The van der Waals surface area contributed by atoms with Gasteiger partial charge in [0.05, 0.1) is 6.04 Å². The van der Waals surface area contributed by atoms with Gasteiger partial charge in [0.25, 0.3) is 0 Å². The molecule has 3 aromatic carbocycles. The molecule has 0 radical (unpaired) electrons. The van der Waals surface area contributed by atoms with Gasteiger partial charge >= 0.3 is 0 Å².